The minimum Gasteiger partial charge on any atom is -0.494 e. The lowest BCUT2D eigenvalue weighted by molar-refractivity contribution is -0.126. The Balaban J connectivity index is 1.49. The van der Waals surface area contributed by atoms with Crippen molar-refractivity contribution in [3.63, 3.8) is 0 Å². The van der Waals surface area contributed by atoms with Gasteiger partial charge in [-0.3, -0.25) is 9.59 Å². The number of carbonyl (C=O) groups excluding carboxylic acids is 2. The molecule has 2 aromatic rings. The summed E-state index contributed by atoms with van der Waals surface area (Å²) in [4.78, 5) is 26.8. The molecule has 0 aliphatic carbocycles. The lowest BCUT2D eigenvalue weighted by Gasteiger charge is -2.17. The SMILES string of the molecule is CCCCOc1ccc(N2C[C@@H](C(=O)NCCc3ccc(OC)c(OC)c3)CC2=O)cc1. The summed E-state index contributed by atoms with van der Waals surface area (Å²) in [6, 6.07) is 13.2. The zero-order valence-corrected chi connectivity index (χ0v) is 19.1. The maximum atomic E-state index is 12.6. The highest BCUT2D eigenvalue weighted by molar-refractivity contribution is 6.00. The first-order chi connectivity index (χ1) is 15.5. The molecule has 3 rings (SSSR count). The molecular formula is C25H32N2O5. The molecule has 0 bridgehead atoms. The van der Waals surface area contributed by atoms with E-state index in [0.29, 0.717) is 37.6 Å². The molecule has 1 aliphatic rings. The fourth-order valence-corrected chi connectivity index (χ4v) is 3.70. The molecule has 0 spiro atoms. The first-order valence-electron chi connectivity index (χ1n) is 11.1. The average Bonchev–Trinajstić information content (AvgIpc) is 3.21. The van der Waals surface area contributed by atoms with E-state index in [-0.39, 0.29) is 24.2 Å². The zero-order valence-electron chi connectivity index (χ0n) is 19.1. The third-order valence-corrected chi connectivity index (χ3v) is 5.57. The third kappa shape index (κ3) is 5.93. The second-order valence-corrected chi connectivity index (χ2v) is 7.83. The number of unbranched alkanes of at least 4 members (excludes halogenated alkanes) is 1. The van der Waals surface area contributed by atoms with Crippen molar-refractivity contribution in [2.45, 2.75) is 32.6 Å². The Labute approximate surface area is 189 Å². The van der Waals surface area contributed by atoms with Crippen LogP contribution in [0.5, 0.6) is 17.2 Å². The molecule has 7 heteroatoms. The van der Waals surface area contributed by atoms with E-state index in [1.807, 2.05) is 42.5 Å². The molecular weight excluding hydrogens is 408 g/mol. The maximum absolute atomic E-state index is 12.6. The standard InChI is InChI=1S/C25H32N2O5/c1-4-5-14-32-21-9-7-20(8-10-21)27-17-19(16-24(27)28)25(29)26-13-12-18-6-11-22(30-2)23(15-18)31-3/h6-11,15,19H,4-5,12-14,16-17H2,1-3H3,(H,26,29)/t19-/m0/s1. The van der Waals surface area contributed by atoms with Gasteiger partial charge in [0.2, 0.25) is 11.8 Å². The largest absolute Gasteiger partial charge is 0.494 e. The molecule has 1 fully saturated rings. The molecule has 2 amide bonds. The van der Waals surface area contributed by atoms with Crippen molar-refractivity contribution < 1.29 is 23.8 Å². The molecule has 1 saturated heterocycles. The van der Waals surface area contributed by atoms with E-state index in [0.717, 1.165) is 29.8 Å². The molecule has 1 heterocycles. The van der Waals surface area contributed by atoms with Crippen LogP contribution in [-0.4, -0.2) is 45.7 Å². The first kappa shape index (κ1) is 23.4. The Hall–Kier alpha value is -3.22. The molecule has 32 heavy (non-hydrogen) atoms. The minimum absolute atomic E-state index is 0.0373. The Bertz CT molecular complexity index is 913. The smallest absolute Gasteiger partial charge is 0.227 e. The molecule has 2 aromatic carbocycles. The van der Waals surface area contributed by atoms with Gasteiger partial charge in [-0.05, 0) is 54.8 Å². The number of nitrogens with one attached hydrogen (secondary N) is 1. The van der Waals surface area contributed by atoms with E-state index in [1.54, 1.807) is 19.1 Å². The summed E-state index contributed by atoms with van der Waals surface area (Å²) >= 11 is 0. The summed E-state index contributed by atoms with van der Waals surface area (Å²) in [7, 11) is 3.19. The number of anilines is 1. The van der Waals surface area contributed by atoms with Crippen LogP contribution in [0.25, 0.3) is 0 Å². The molecule has 0 saturated carbocycles. The normalized spacial score (nSPS) is 15.5. The fraction of sp³-hybridized carbons (Fsp3) is 0.440. The van der Waals surface area contributed by atoms with Crippen molar-refractivity contribution >= 4 is 17.5 Å². The van der Waals surface area contributed by atoms with Crippen molar-refractivity contribution in [2.75, 3.05) is 38.8 Å². The van der Waals surface area contributed by atoms with E-state index in [2.05, 4.69) is 12.2 Å². The van der Waals surface area contributed by atoms with Crippen LogP contribution in [0.1, 0.15) is 31.7 Å². The van der Waals surface area contributed by atoms with Crippen LogP contribution in [0, 0.1) is 5.92 Å². The van der Waals surface area contributed by atoms with Gasteiger partial charge in [-0.25, -0.2) is 0 Å². The predicted octanol–water partition coefficient (Wildman–Crippen LogP) is 3.59. The van der Waals surface area contributed by atoms with Gasteiger partial charge in [-0.2, -0.15) is 0 Å². The van der Waals surface area contributed by atoms with Crippen LogP contribution in [0.2, 0.25) is 0 Å². The van der Waals surface area contributed by atoms with Crippen LogP contribution in [0.4, 0.5) is 5.69 Å². The van der Waals surface area contributed by atoms with Gasteiger partial charge >= 0.3 is 0 Å². The topological polar surface area (TPSA) is 77.1 Å². The van der Waals surface area contributed by atoms with Gasteiger partial charge in [0.15, 0.2) is 11.5 Å². The highest BCUT2D eigenvalue weighted by atomic mass is 16.5. The van der Waals surface area contributed by atoms with E-state index in [4.69, 9.17) is 14.2 Å². The van der Waals surface area contributed by atoms with Crippen molar-refractivity contribution in [3.8, 4) is 17.2 Å². The van der Waals surface area contributed by atoms with E-state index in [9.17, 15) is 9.59 Å². The second kappa shape index (κ2) is 11.4. The monoisotopic (exact) mass is 440 g/mol. The van der Waals surface area contributed by atoms with Crippen molar-refractivity contribution in [1.82, 2.24) is 5.32 Å². The summed E-state index contributed by atoms with van der Waals surface area (Å²) < 4.78 is 16.2. The highest BCUT2D eigenvalue weighted by Gasteiger charge is 2.34. The predicted molar refractivity (Wildman–Crippen MR) is 124 cm³/mol. The number of benzene rings is 2. The molecule has 0 radical (unpaired) electrons. The number of ether oxygens (including phenoxy) is 3. The van der Waals surface area contributed by atoms with Gasteiger partial charge in [0.05, 0.1) is 26.7 Å². The Morgan fingerprint density at radius 2 is 1.84 bits per heavy atom. The fourth-order valence-electron chi connectivity index (χ4n) is 3.70. The number of carbonyl (C=O) groups is 2. The first-order valence-corrected chi connectivity index (χ1v) is 11.1. The Morgan fingerprint density at radius 1 is 1.09 bits per heavy atom. The zero-order chi connectivity index (χ0) is 22.9. The number of nitrogens with zero attached hydrogens (tertiary/aromatic N) is 1. The number of rotatable bonds is 11. The lowest BCUT2D eigenvalue weighted by Crippen LogP contribution is -2.34. The van der Waals surface area contributed by atoms with E-state index < -0.39 is 0 Å². The summed E-state index contributed by atoms with van der Waals surface area (Å²) in [5.41, 5.74) is 1.83. The number of hydrogen-bond acceptors (Lipinski definition) is 5. The maximum Gasteiger partial charge on any atom is 0.227 e. The minimum atomic E-state index is -0.353. The molecule has 0 unspecified atom stereocenters. The number of methoxy groups -OCH3 is 2. The van der Waals surface area contributed by atoms with Gasteiger partial charge < -0.3 is 24.4 Å². The molecule has 1 atom stereocenters. The van der Waals surface area contributed by atoms with Gasteiger partial charge in [-0.1, -0.05) is 19.4 Å². The van der Waals surface area contributed by atoms with Crippen LogP contribution >= 0.6 is 0 Å². The molecule has 1 aliphatic heterocycles. The van der Waals surface area contributed by atoms with Crippen molar-refractivity contribution in [3.05, 3.63) is 48.0 Å². The summed E-state index contributed by atoms with van der Waals surface area (Å²) in [5.74, 6) is 1.64. The summed E-state index contributed by atoms with van der Waals surface area (Å²) in [5, 5.41) is 2.96. The van der Waals surface area contributed by atoms with Gasteiger partial charge in [0.1, 0.15) is 5.75 Å². The summed E-state index contributed by atoms with van der Waals surface area (Å²) in [6.07, 6.45) is 2.97. The van der Waals surface area contributed by atoms with E-state index >= 15 is 0 Å². The van der Waals surface area contributed by atoms with Gasteiger partial charge in [-0.15, -0.1) is 0 Å². The number of hydrogen-bond donors (Lipinski definition) is 1. The average molecular weight is 441 g/mol. The van der Waals surface area contributed by atoms with E-state index in [1.165, 1.54) is 0 Å². The quantitative estimate of drug-likeness (QED) is 0.541. The van der Waals surface area contributed by atoms with Crippen molar-refractivity contribution in [2.24, 2.45) is 5.92 Å². The molecule has 172 valence electrons. The molecule has 7 nitrogen and oxygen atoms in total. The van der Waals surface area contributed by atoms with Crippen molar-refractivity contribution in [1.29, 1.82) is 0 Å². The number of amides is 2. The third-order valence-electron chi connectivity index (χ3n) is 5.57. The second-order valence-electron chi connectivity index (χ2n) is 7.83. The summed E-state index contributed by atoms with van der Waals surface area (Å²) in [6.45, 7) is 3.68. The van der Waals surface area contributed by atoms with Crippen LogP contribution < -0.4 is 24.4 Å². The molecule has 0 aromatic heterocycles. The van der Waals surface area contributed by atoms with Crippen LogP contribution in [0.15, 0.2) is 42.5 Å². The van der Waals surface area contributed by atoms with Crippen LogP contribution in [0.3, 0.4) is 0 Å². The molecule has 1 N–H and O–H groups in total. The lowest BCUT2D eigenvalue weighted by atomic mass is 10.1. The highest BCUT2D eigenvalue weighted by Crippen LogP contribution is 2.28. The Kier molecular flexibility index (Phi) is 8.36. The van der Waals surface area contributed by atoms with Crippen LogP contribution in [-0.2, 0) is 16.0 Å². The van der Waals surface area contributed by atoms with Gasteiger partial charge in [0, 0.05) is 25.2 Å². The Morgan fingerprint density at radius 3 is 2.53 bits per heavy atom. The van der Waals surface area contributed by atoms with Gasteiger partial charge in [0.25, 0.3) is 0 Å².